The number of para-hydroxylation sites is 1. The minimum absolute atomic E-state index is 0.0295. The first kappa shape index (κ1) is 23.5. The number of fused-ring (bicyclic) bond motifs is 1. The first-order valence-electron chi connectivity index (χ1n) is 11.6. The van der Waals surface area contributed by atoms with Crippen molar-refractivity contribution in [2.45, 2.75) is 24.9 Å². The van der Waals surface area contributed by atoms with E-state index in [1.807, 2.05) is 29.2 Å². The van der Waals surface area contributed by atoms with Crippen LogP contribution in [0.15, 0.2) is 66.7 Å². The van der Waals surface area contributed by atoms with Crippen LogP contribution in [0.25, 0.3) is 0 Å². The molecule has 0 saturated carbocycles. The van der Waals surface area contributed by atoms with Crippen LogP contribution in [0, 0.1) is 10.1 Å². The van der Waals surface area contributed by atoms with E-state index in [0.717, 1.165) is 11.1 Å². The maximum atomic E-state index is 13.6. The average Bonchev–Trinajstić information content (AvgIpc) is 3.20. The first-order chi connectivity index (χ1) is 17.4. The number of carbonyl (C=O) groups is 2. The number of methoxy groups -OCH3 is 2. The number of nitro benzene ring substituents is 1. The molecule has 1 fully saturated rings. The summed E-state index contributed by atoms with van der Waals surface area (Å²) in [5, 5.41) is 11.5. The molecule has 0 radical (unpaired) electrons. The van der Waals surface area contributed by atoms with Gasteiger partial charge in [-0.15, -0.1) is 0 Å². The summed E-state index contributed by atoms with van der Waals surface area (Å²) in [5.41, 5.74) is 3.01. The van der Waals surface area contributed by atoms with Crippen molar-refractivity contribution in [3.63, 3.8) is 0 Å². The molecule has 9 nitrogen and oxygen atoms in total. The Morgan fingerprint density at radius 1 is 0.944 bits per heavy atom. The molecule has 0 aromatic heterocycles. The van der Waals surface area contributed by atoms with Crippen LogP contribution in [0.4, 0.5) is 11.4 Å². The Morgan fingerprint density at radius 3 is 2.36 bits per heavy atom. The molecule has 5 rings (SSSR count). The van der Waals surface area contributed by atoms with Gasteiger partial charge in [0.25, 0.3) is 11.6 Å². The summed E-state index contributed by atoms with van der Waals surface area (Å²) >= 11 is 0. The molecule has 184 valence electrons. The second kappa shape index (κ2) is 9.43. The van der Waals surface area contributed by atoms with Crippen LogP contribution in [0.2, 0.25) is 0 Å². The van der Waals surface area contributed by atoms with Crippen molar-refractivity contribution in [3.8, 4) is 11.5 Å². The molecule has 3 aromatic rings. The minimum atomic E-state index is -0.705. The van der Waals surface area contributed by atoms with E-state index in [0.29, 0.717) is 35.7 Å². The molecule has 2 amide bonds. The van der Waals surface area contributed by atoms with Gasteiger partial charge in [0.05, 0.1) is 43.3 Å². The summed E-state index contributed by atoms with van der Waals surface area (Å²) in [5.74, 6) is 0.538. The largest absolute Gasteiger partial charge is 0.493 e. The number of nitrogens with zero attached hydrogens (tertiary/aromatic N) is 3. The van der Waals surface area contributed by atoms with E-state index in [1.165, 1.54) is 17.0 Å². The van der Waals surface area contributed by atoms with Gasteiger partial charge >= 0.3 is 0 Å². The van der Waals surface area contributed by atoms with Gasteiger partial charge in [-0.1, -0.05) is 30.3 Å². The van der Waals surface area contributed by atoms with Crippen molar-refractivity contribution in [2.75, 3.05) is 25.7 Å². The Bertz CT molecular complexity index is 1340. The third kappa shape index (κ3) is 3.97. The van der Waals surface area contributed by atoms with E-state index in [1.54, 1.807) is 44.6 Å². The van der Waals surface area contributed by atoms with Gasteiger partial charge in [0.2, 0.25) is 5.91 Å². The Balaban J connectivity index is 1.62. The van der Waals surface area contributed by atoms with Crippen LogP contribution in [-0.4, -0.2) is 48.4 Å². The molecule has 0 aliphatic carbocycles. The highest BCUT2D eigenvalue weighted by Crippen LogP contribution is 2.43. The molecule has 0 spiro atoms. The van der Waals surface area contributed by atoms with Gasteiger partial charge in [0.1, 0.15) is 0 Å². The lowest BCUT2D eigenvalue weighted by molar-refractivity contribution is -0.384. The predicted octanol–water partition coefficient (Wildman–Crippen LogP) is 3.89. The smallest absolute Gasteiger partial charge is 0.269 e. The lowest BCUT2D eigenvalue weighted by Gasteiger charge is -2.40. The van der Waals surface area contributed by atoms with Gasteiger partial charge in [0, 0.05) is 18.7 Å². The van der Waals surface area contributed by atoms with Crippen LogP contribution in [0.5, 0.6) is 11.5 Å². The first-order valence-corrected chi connectivity index (χ1v) is 11.6. The zero-order chi connectivity index (χ0) is 25.4. The number of benzene rings is 3. The van der Waals surface area contributed by atoms with Crippen molar-refractivity contribution in [2.24, 2.45) is 0 Å². The van der Waals surface area contributed by atoms with Gasteiger partial charge < -0.3 is 9.47 Å². The van der Waals surface area contributed by atoms with E-state index in [4.69, 9.17) is 9.47 Å². The quantitative estimate of drug-likeness (QED) is 0.295. The van der Waals surface area contributed by atoms with Crippen LogP contribution in [0.3, 0.4) is 0 Å². The zero-order valence-corrected chi connectivity index (χ0v) is 19.9. The average molecular weight is 488 g/mol. The summed E-state index contributed by atoms with van der Waals surface area (Å²) < 4.78 is 11.0. The van der Waals surface area contributed by atoms with Crippen LogP contribution >= 0.6 is 0 Å². The number of hydrogen-bond acceptors (Lipinski definition) is 7. The summed E-state index contributed by atoms with van der Waals surface area (Å²) in [4.78, 5) is 40.9. The summed E-state index contributed by atoms with van der Waals surface area (Å²) in [6.07, 6.45) is 0.645. The van der Waals surface area contributed by atoms with Crippen molar-refractivity contribution < 1.29 is 24.0 Å². The Hall–Kier alpha value is -4.24. The normalized spacial score (nSPS) is 19.8. The molecule has 2 aliphatic rings. The molecule has 0 N–H and O–H groups in total. The minimum Gasteiger partial charge on any atom is -0.493 e. The summed E-state index contributed by atoms with van der Waals surface area (Å²) in [6, 6.07) is 17.9. The second-order valence-electron chi connectivity index (χ2n) is 8.77. The van der Waals surface area contributed by atoms with Crippen LogP contribution < -0.4 is 14.4 Å². The number of rotatable bonds is 6. The van der Waals surface area contributed by atoms with E-state index in [9.17, 15) is 19.7 Å². The Morgan fingerprint density at radius 2 is 1.67 bits per heavy atom. The highest BCUT2D eigenvalue weighted by molar-refractivity contribution is 6.22. The predicted molar refractivity (Wildman–Crippen MR) is 132 cm³/mol. The third-order valence-electron chi connectivity index (χ3n) is 6.85. The number of ether oxygens (including phenoxy) is 2. The molecule has 2 atom stereocenters. The highest BCUT2D eigenvalue weighted by Gasteiger charge is 2.46. The monoisotopic (exact) mass is 487 g/mol. The van der Waals surface area contributed by atoms with Crippen molar-refractivity contribution in [1.29, 1.82) is 0 Å². The number of hydrogen-bond donors (Lipinski definition) is 0. The molecule has 2 heterocycles. The van der Waals surface area contributed by atoms with E-state index >= 15 is 0 Å². The Kier molecular flexibility index (Phi) is 6.15. The Labute approximate surface area is 208 Å². The fourth-order valence-corrected chi connectivity index (χ4v) is 5.20. The zero-order valence-electron chi connectivity index (χ0n) is 19.9. The SMILES string of the molecule is COc1cc2c(cc1OC)[C@@H](c1cccc([N+](=O)[O-])c1)N([C@H]1CC(=O)N(c3ccccc3)C1=O)CC2. The summed E-state index contributed by atoms with van der Waals surface area (Å²) in [7, 11) is 3.11. The van der Waals surface area contributed by atoms with Gasteiger partial charge in [0.15, 0.2) is 11.5 Å². The summed E-state index contributed by atoms with van der Waals surface area (Å²) in [6.45, 7) is 0.488. The molecular weight excluding hydrogens is 462 g/mol. The number of carbonyl (C=O) groups excluding carboxylic acids is 2. The lowest BCUT2D eigenvalue weighted by atomic mass is 9.86. The van der Waals surface area contributed by atoms with Crippen molar-refractivity contribution in [3.05, 3.63) is 93.5 Å². The second-order valence-corrected chi connectivity index (χ2v) is 8.77. The van der Waals surface area contributed by atoms with E-state index in [2.05, 4.69) is 0 Å². The van der Waals surface area contributed by atoms with Gasteiger partial charge in [-0.05, 0) is 47.4 Å². The molecule has 36 heavy (non-hydrogen) atoms. The topological polar surface area (TPSA) is 102 Å². The molecule has 2 aliphatic heterocycles. The van der Waals surface area contributed by atoms with Gasteiger partial charge in [-0.25, -0.2) is 4.90 Å². The van der Waals surface area contributed by atoms with Crippen LogP contribution in [-0.2, 0) is 16.0 Å². The number of imide groups is 1. The number of non-ortho nitro benzene ring substituents is 1. The fourth-order valence-electron chi connectivity index (χ4n) is 5.20. The maximum Gasteiger partial charge on any atom is 0.269 e. The van der Waals surface area contributed by atoms with E-state index in [-0.39, 0.29) is 23.9 Å². The molecule has 1 saturated heterocycles. The highest BCUT2D eigenvalue weighted by atomic mass is 16.6. The number of anilines is 1. The standard InChI is InChI=1S/C27H25N3O6/c1-35-23-14-17-11-12-28(22-16-25(31)29(27(22)32)19-8-4-3-5-9-19)26(21(17)15-24(23)36-2)18-7-6-10-20(13-18)30(33)34/h3-10,13-15,22,26H,11-12,16H2,1-2H3/t22-,26+/m0/s1. The third-order valence-corrected chi connectivity index (χ3v) is 6.85. The number of amides is 2. The van der Waals surface area contributed by atoms with E-state index < -0.39 is 17.0 Å². The molecule has 0 unspecified atom stereocenters. The molecular formula is C27H25N3O6. The lowest BCUT2D eigenvalue weighted by Crippen LogP contribution is -2.47. The number of nitro groups is 1. The van der Waals surface area contributed by atoms with Gasteiger partial charge in [-0.3, -0.25) is 24.6 Å². The van der Waals surface area contributed by atoms with Crippen LogP contribution in [0.1, 0.15) is 29.2 Å². The fraction of sp³-hybridized carbons (Fsp3) is 0.259. The maximum absolute atomic E-state index is 13.6. The van der Waals surface area contributed by atoms with Crippen molar-refractivity contribution >= 4 is 23.2 Å². The van der Waals surface area contributed by atoms with Crippen molar-refractivity contribution in [1.82, 2.24) is 4.90 Å². The van der Waals surface area contributed by atoms with Gasteiger partial charge in [-0.2, -0.15) is 0 Å². The molecule has 9 heteroatoms. The molecule has 0 bridgehead atoms. The molecule has 3 aromatic carbocycles.